The van der Waals surface area contributed by atoms with Gasteiger partial charge >= 0.3 is 6.18 Å². The Kier molecular flexibility index (Phi) is 2.71. The fraction of sp³-hybridized carbons (Fsp3) is 0.500. The first-order valence-electron chi connectivity index (χ1n) is 5.28. The molecule has 1 aliphatic carbocycles. The number of rotatable bonds is 1. The van der Waals surface area contributed by atoms with E-state index in [4.69, 9.17) is 17.3 Å². The number of benzene rings is 1. The lowest BCUT2D eigenvalue weighted by molar-refractivity contribution is -0.138. The Morgan fingerprint density at radius 3 is 2.24 bits per heavy atom. The standard InChI is InChI=1S/C12H13ClF3N/c1-11(2)9(10(11)17)8-6(12(14,15)16)4-3-5-7(8)13/h3-5,9-10H,17H2,1-2H3. The van der Waals surface area contributed by atoms with E-state index < -0.39 is 11.7 Å². The van der Waals surface area contributed by atoms with Crippen LogP contribution in [0.15, 0.2) is 18.2 Å². The van der Waals surface area contributed by atoms with Crippen LogP contribution in [-0.4, -0.2) is 6.04 Å². The van der Waals surface area contributed by atoms with Gasteiger partial charge in [-0.15, -0.1) is 0 Å². The predicted octanol–water partition coefficient (Wildman–Crippen LogP) is 3.81. The van der Waals surface area contributed by atoms with Crippen molar-refractivity contribution in [1.29, 1.82) is 0 Å². The third kappa shape index (κ3) is 1.93. The number of nitrogens with two attached hydrogens (primary N) is 1. The van der Waals surface area contributed by atoms with Gasteiger partial charge in [0.25, 0.3) is 0 Å². The minimum Gasteiger partial charge on any atom is -0.327 e. The molecule has 0 aliphatic heterocycles. The molecule has 1 nitrogen and oxygen atoms in total. The number of hydrogen-bond donors (Lipinski definition) is 1. The maximum atomic E-state index is 12.9. The summed E-state index contributed by atoms with van der Waals surface area (Å²) in [7, 11) is 0. The van der Waals surface area contributed by atoms with Crippen molar-refractivity contribution in [2.45, 2.75) is 32.0 Å². The van der Waals surface area contributed by atoms with Crippen LogP contribution >= 0.6 is 11.6 Å². The third-order valence-electron chi connectivity index (χ3n) is 3.58. The van der Waals surface area contributed by atoms with E-state index in [0.29, 0.717) is 0 Å². The van der Waals surface area contributed by atoms with Crippen molar-refractivity contribution in [2.75, 3.05) is 0 Å². The van der Waals surface area contributed by atoms with Gasteiger partial charge in [0.1, 0.15) is 0 Å². The largest absolute Gasteiger partial charge is 0.416 e. The molecule has 17 heavy (non-hydrogen) atoms. The van der Waals surface area contributed by atoms with E-state index >= 15 is 0 Å². The zero-order valence-corrected chi connectivity index (χ0v) is 10.2. The predicted molar refractivity (Wildman–Crippen MR) is 61.0 cm³/mol. The minimum atomic E-state index is -4.39. The molecule has 1 aromatic carbocycles. The van der Waals surface area contributed by atoms with Crippen LogP contribution in [0.4, 0.5) is 13.2 Å². The van der Waals surface area contributed by atoms with E-state index in [2.05, 4.69) is 0 Å². The second-order valence-electron chi connectivity index (χ2n) is 5.02. The Morgan fingerprint density at radius 1 is 1.29 bits per heavy atom. The first-order valence-corrected chi connectivity index (χ1v) is 5.66. The first-order chi connectivity index (χ1) is 7.67. The van der Waals surface area contributed by atoms with Gasteiger partial charge in [-0.3, -0.25) is 0 Å². The van der Waals surface area contributed by atoms with Crippen molar-refractivity contribution >= 4 is 11.6 Å². The highest BCUT2D eigenvalue weighted by Gasteiger charge is 2.58. The summed E-state index contributed by atoms with van der Waals surface area (Å²) >= 11 is 5.91. The molecule has 2 atom stereocenters. The maximum Gasteiger partial charge on any atom is 0.416 e. The third-order valence-corrected chi connectivity index (χ3v) is 3.91. The highest BCUT2D eigenvalue weighted by atomic mass is 35.5. The number of alkyl halides is 3. The molecule has 2 unspecified atom stereocenters. The average Bonchev–Trinajstić information content (AvgIpc) is 2.65. The summed E-state index contributed by atoms with van der Waals surface area (Å²) in [6, 6.07) is 3.58. The molecule has 2 rings (SSSR count). The molecule has 1 aromatic rings. The van der Waals surface area contributed by atoms with E-state index in [1.165, 1.54) is 12.1 Å². The molecule has 2 N–H and O–H groups in total. The lowest BCUT2D eigenvalue weighted by atomic mass is 9.97. The molecule has 0 saturated heterocycles. The van der Waals surface area contributed by atoms with Crippen molar-refractivity contribution in [1.82, 2.24) is 0 Å². The second-order valence-corrected chi connectivity index (χ2v) is 5.43. The molecule has 1 aliphatic rings. The molecule has 0 bridgehead atoms. The van der Waals surface area contributed by atoms with E-state index in [1.54, 1.807) is 0 Å². The normalized spacial score (nSPS) is 27.0. The maximum absolute atomic E-state index is 12.9. The molecule has 0 aromatic heterocycles. The summed E-state index contributed by atoms with van der Waals surface area (Å²) in [6.45, 7) is 3.71. The Bertz CT molecular complexity index is 454. The monoisotopic (exact) mass is 263 g/mol. The summed E-state index contributed by atoms with van der Waals surface area (Å²) < 4.78 is 38.7. The molecule has 0 radical (unpaired) electrons. The van der Waals surface area contributed by atoms with Crippen LogP contribution in [0.3, 0.4) is 0 Å². The lowest BCUT2D eigenvalue weighted by Crippen LogP contribution is -2.11. The molecule has 1 saturated carbocycles. The van der Waals surface area contributed by atoms with Crippen molar-refractivity contribution < 1.29 is 13.2 Å². The van der Waals surface area contributed by atoms with Crippen molar-refractivity contribution in [3.05, 3.63) is 34.3 Å². The van der Waals surface area contributed by atoms with Crippen LogP contribution < -0.4 is 5.73 Å². The highest BCUT2D eigenvalue weighted by Crippen LogP contribution is 2.60. The van der Waals surface area contributed by atoms with Gasteiger partial charge in [-0.05, 0) is 23.1 Å². The molecule has 5 heteroatoms. The lowest BCUT2D eigenvalue weighted by Gasteiger charge is -2.15. The Morgan fingerprint density at radius 2 is 1.82 bits per heavy atom. The fourth-order valence-electron chi connectivity index (χ4n) is 2.33. The van der Waals surface area contributed by atoms with Crippen LogP contribution in [0.25, 0.3) is 0 Å². The quantitative estimate of drug-likeness (QED) is 0.819. The average molecular weight is 264 g/mol. The number of halogens is 4. The first kappa shape index (κ1) is 12.7. The van der Waals surface area contributed by atoms with Crippen LogP contribution in [0.5, 0.6) is 0 Å². The van der Waals surface area contributed by atoms with Gasteiger partial charge in [0.2, 0.25) is 0 Å². The van der Waals surface area contributed by atoms with Crippen LogP contribution in [0.2, 0.25) is 5.02 Å². The van der Waals surface area contributed by atoms with Crippen molar-refractivity contribution in [2.24, 2.45) is 11.1 Å². The van der Waals surface area contributed by atoms with Crippen LogP contribution in [0, 0.1) is 5.41 Å². The summed E-state index contributed by atoms with van der Waals surface area (Å²) in [4.78, 5) is 0. The van der Waals surface area contributed by atoms with Crippen LogP contribution in [-0.2, 0) is 6.18 Å². The zero-order chi connectivity index (χ0) is 13.0. The second kappa shape index (κ2) is 3.62. The van der Waals surface area contributed by atoms with Gasteiger partial charge in [-0.1, -0.05) is 31.5 Å². The molecule has 0 spiro atoms. The molecule has 1 fully saturated rings. The zero-order valence-electron chi connectivity index (χ0n) is 9.48. The van der Waals surface area contributed by atoms with Gasteiger partial charge in [0, 0.05) is 17.0 Å². The summed E-state index contributed by atoms with van der Waals surface area (Å²) in [5.74, 6) is -0.326. The van der Waals surface area contributed by atoms with Gasteiger partial charge in [0.15, 0.2) is 0 Å². The van der Waals surface area contributed by atoms with Gasteiger partial charge in [0.05, 0.1) is 5.56 Å². The fourth-order valence-corrected chi connectivity index (χ4v) is 2.62. The Hall–Kier alpha value is -0.740. The highest BCUT2D eigenvalue weighted by molar-refractivity contribution is 6.31. The van der Waals surface area contributed by atoms with Crippen LogP contribution in [0.1, 0.15) is 30.9 Å². The molecule has 0 heterocycles. The smallest absolute Gasteiger partial charge is 0.327 e. The summed E-state index contributed by atoms with van der Waals surface area (Å²) in [5, 5.41) is 0.144. The van der Waals surface area contributed by atoms with E-state index in [0.717, 1.165) is 6.07 Å². The summed E-state index contributed by atoms with van der Waals surface area (Å²) in [5.41, 5.74) is 4.97. The van der Waals surface area contributed by atoms with Gasteiger partial charge in [-0.2, -0.15) is 13.2 Å². The van der Waals surface area contributed by atoms with Gasteiger partial charge in [-0.25, -0.2) is 0 Å². The summed E-state index contributed by atoms with van der Waals surface area (Å²) in [6.07, 6.45) is -4.39. The molecule has 0 amide bonds. The Labute approximate surface area is 103 Å². The SMILES string of the molecule is CC1(C)C(N)C1c1c(Cl)cccc1C(F)(F)F. The molecular formula is C12H13ClF3N. The molecule has 94 valence electrons. The minimum absolute atomic E-state index is 0.138. The molecular weight excluding hydrogens is 251 g/mol. The topological polar surface area (TPSA) is 26.0 Å². The number of hydrogen-bond acceptors (Lipinski definition) is 1. The Balaban J connectivity index is 2.55. The van der Waals surface area contributed by atoms with Crippen molar-refractivity contribution in [3.63, 3.8) is 0 Å². The van der Waals surface area contributed by atoms with Crippen molar-refractivity contribution in [3.8, 4) is 0 Å². The van der Waals surface area contributed by atoms with E-state index in [1.807, 2.05) is 13.8 Å². The van der Waals surface area contributed by atoms with E-state index in [-0.39, 0.29) is 28.0 Å². The van der Waals surface area contributed by atoms with E-state index in [9.17, 15) is 13.2 Å². The van der Waals surface area contributed by atoms with Gasteiger partial charge < -0.3 is 5.73 Å².